The zero-order chi connectivity index (χ0) is 35.1. The van der Waals surface area contributed by atoms with Crippen LogP contribution in [-0.4, -0.2) is 104 Å². The number of carbonyl (C=O) groups excluding carboxylic acids is 4. The van der Waals surface area contributed by atoms with Gasteiger partial charge < -0.3 is 10.6 Å². The van der Waals surface area contributed by atoms with E-state index < -0.39 is 23.6 Å². The van der Waals surface area contributed by atoms with Crippen LogP contribution in [0.5, 0.6) is 0 Å². The van der Waals surface area contributed by atoms with E-state index in [0.717, 1.165) is 35.9 Å². The molecule has 0 saturated carbocycles. The summed E-state index contributed by atoms with van der Waals surface area (Å²) in [6.45, 7) is 26.9. The second kappa shape index (κ2) is 15.9. The molecule has 0 aromatic carbocycles. The van der Waals surface area contributed by atoms with Gasteiger partial charge in [0.15, 0.2) is 0 Å². The van der Waals surface area contributed by atoms with Crippen LogP contribution >= 0.6 is 0 Å². The molecular formula is C34H62N8O4. The molecule has 6 N–H and O–H groups in total. The third-order valence-electron chi connectivity index (χ3n) is 9.81. The van der Waals surface area contributed by atoms with E-state index in [-0.39, 0.29) is 34.2 Å². The minimum atomic E-state index is -0.732. The lowest BCUT2D eigenvalue weighted by molar-refractivity contribution is -0.151. The predicted molar refractivity (Wildman–Crippen MR) is 183 cm³/mol. The van der Waals surface area contributed by atoms with Crippen molar-refractivity contribution in [1.29, 1.82) is 0 Å². The summed E-state index contributed by atoms with van der Waals surface area (Å²) in [6, 6.07) is -0.515. The van der Waals surface area contributed by atoms with Gasteiger partial charge in [0.2, 0.25) is 0 Å². The van der Waals surface area contributed by atoms with E-state index in [1.807, 2.05) is 12.2 Å². The van der Waals surface area contributed by atoms with Gasteiger partial charge in [-0.25, -0.2) is 11.7 Å². The minimum absolute atomic E-state index is 0.219. The van der Waals surface area contributed by atoms with Crippen molar-refractivity contribution in [3.05, 3.63) is 25.3 Å². The molecule has 0 spiro atoms. The van der Waals surface area contributed by atoms with Gasteiger partial charge in [-0.15, -0.1) is 13.2 Å². The molecular weight excluding hydrogens is 584 g/mol. The number of nitrogens with one attached hydrogen (secondary N) is 2. The van der Waals surface area contributed by atoms with Crippen molar-refractivity contribution >= 4 is 23.6 Å². The lowest BCUT2D eigenvalue weighted by Gasteiger charge is -2.56. The Morgan fingerprint density at radius 2 is 0.913 bits per heavy atom. The molecule has 0 aromatic rings. The fourth-order valence-corrected chi connectivity index (χ4v) is 7.90. The molecule has 0 unspecified atom stereocenters. The van der Waals surface area contributed by atoms with Crippen LogP contribution in [0.15, 0.2) is 25.3 Å². The van der Waals surface area contributed by atoms with Gasteiger partial charge in [0.1, 0.15) is 0 Å². The Balaban J connectivity index is 1.69. The lowest BCUT2D eigenvalue weighted by atomic mass is 9.76. The van der Waals surface area contributed by atoms with Crippen molar-refractivity contribution in [3.63, 3.8) is 0 Å². The van der Waals surface area contributed by atoms with Gasteiger partial charge in [-0.2, -0.15) is 0 Å². The van der Waals surface area contributed by atoms with Gasteiger partial charge in [-0.1, -0.05) is 25.0 Å². The highest BCUT2D eigenvalue weighted by Crippen LogP contribution is 2.40. The van der Waals surface area contributed by atoms with Crippen LogP contribution in [0, 0.1) is 0 Å². The maximum Gasteiger partial charge on any atom is 0.326 e. The standard InChI is InChI=1S/C34H62N8O4/c1-11-19-39-31(3,4)21-25(22-32(39,5)6)41(35)29(45)27(43)37-17-15-13-14-16-18-38-28(44)30(46)42(36)26-23-33(7,8)40(20-12-2)34(9,10)24-26/h11-12,25-26H,1-2,13-24,35-36H2,3-10H3,(H,37,43)(H,38,44). The Bertz CT molecular complexity index is 996. The first-order valence-electron chi connectivity index (χ1n) is 16.7. The van der Waals surface area contributed by atoms with E-state index >= 15 is 0 Å². The van der Waals surface area contributed by atoms with Crippen LogP contribution in [0.4, 0.5) is 0 Å². The summed E-state index contributed by atoms with van der Waals surface area (Å²) >= 11 is 0. The number of rotatable bonds is 13. The van der Waals surface area contributed by atoms with Gasteiger partial charge >= 0.3 is 23.6 Å². The summed E-state index contributed by atoms with van der Waals surface area (Å²) in [4.78, 5) is 55.5. The maximum absolute atomic E-state index is 12.8. The Morgan fingerprint density at radius 3 is 1.17 bits per heavy atom. The number of piperidine rings is 2. The monoisotopic (exact) mass is 646 g/mol. The molecule has 0 atom stereocenters. The molecule has 2 fully saturated rings. The smallest absolute Gasteiger partial charge is 0.326 e. The molecule has 0 bridgehead atoms. The zero-order valence-electron chi connectivity index (χ0n) is 29.8. The van der Waals surface area contributed by atoms with Crippen molar-refractivity contribution in [1.82, 2.24) is 30.5 Å². The molecule has 2 heterocycles. The van der Waals surface area contributed by atoms with Crippen LogP contribution in [-0.2, 0) is 19.2 Å². The van der Waals surface area contributed by atoms with E-state index in [9.17, 15) is 19.2 Å². The molecule has 2 aliphatic rings. The number of hydrazine groups is 2. The summed E-state index contributed by atoms with van der Waals surface area (Å²) in [6.07, 6.45) is 9.27. The summed E-state index contributed by atoms with van der Waals surface area (Å²) in [5, 5.41) is 7.58. The minimum Gasteiger partial charge on any atom is -0.348 e. The van der Waals surface area contributed by atoms with Crippen LogP contribution in [0.1, 0.15) is 107 Å². The van der Waals surface area contributed by atoms with E-state index in [0.29, 0.717) is 51.6 Å². The second-order valence-electron chi connectivity index (χ2n) is 15.5. The molecule has 2 rings (SSSR count). The van der Waals surface area contributed by atoms with Gasteiger partial charge in [-0.3, -0.25) is 39.0 Å². The summed E-state index contributed by atoms with van der Waals surface area (Å²) in [5.74, 6) is 9.52. The third kappa shape index (κ3) is 9.85. The number of carbonyl (C=O) groups is 4. The summed E-state index contributed by atoms with van der Waals surface area (Å²) in [5.41, 5.74) is -0.877. The number of nitrogens with zero attached hydrogens (tertiary/aromatic N) is 4. The molecule has 4 amide bonds. The molecule has 262 valence electrons. The first-order chi connectivity index (χ1) is 21.2. The lowest BCUT2D eigenvalue weighted by Crippen LogP contribution is -2.66. The summed E-state index contributed by atoms with van der Waals surface area (Å²) < 4.78 is 0. The third-order valence-corrected chi connectivity index (χ3v) is 9.81. The first-order valence-corrected chi connectivity index (χ1v) is 16.7. The average molecular weight is 647 g/mol. The van der Waals surface area contributed by atoms with Crippen molar-refractivity contribution in [2.75, 3.05) is 26.2 Å². The van der Waals surface area contributed by atoms with Crippen LogP contribution in [0.3, 0.4) is 0 Å². The highest BCUT2D eigenvalue weighted by molar-refractivity contribution is 6.35. The number of hydrogen-bond acceptors (Lipinski definition) is 8. The quantitative estimate of drug-likeness (QED) is 0.0594. The fraction of sp³-hybridized carbons (Fsp3) is 0.765. The molecule has 2 saturated heterocycles. The topological polar surface area (TPSA) is 157 Å². The maximum atomic E-state index is 12.8. The zero-order valence-corrected chi connectivity index (χ0v) is 29.8. The highest BCUT2D eigenvalue weighted by Gasteiger charge is 2.48. The van der Waals surface area contributed by atoms with Crippen LogP contribution in [0.2, 0.25) is 0 Å². The average Bonchev–Trinajstić information content (AvgIpc) is 2.95. The second-order valence-corrected chi connectivity index (χ2v) is 15.5. The van der Waals surface area contributed by atoms with Crippen molar-refractivity contribution < 1.29 is 19.2 Å². The van der Waals surface area contributed by atoms with E-state index in [1.54, 1.807) is 0 Å². The molecule has 0 aromatic heterocycles. The molecule has 12 nitrogen and oxygen atoms in total. The van der Waals surface area contributed by atoms with Gasteiger partial charge in [0, 0.05) is 48.3 Å². The first kappa shape index (κ1) is 39.4. The van der Waals surface area contributed by atoms with Gasteiger partial charge in [-0.05, 0) is 93.9 Å². The molecule has 0 aliphatic carbocycles. The van der Waals surface area contributed by atoms with Crippen molar-refractivity contribution in [2.24, 2.45) is 11.7 Å². The largest absolute Gasteiger partial charge is 0.348 e. The number of nitrogens with two attached hydrogens (primary N) is 2. The predicted octanol–water partition coefficient (Wildman–Crippen LogP) is 2.60. The summed E-state index contributed by atoms with van der Waals surface area (Å²) in [7, 11) is 0. The van der Waals surface area contributed by atoms with Gasteiger partial charge in [0.25, 0.3) is 0 Å². The number of amides is 4. The SMILES string of the molecule is C=CCN1C(C)(C)CC(N(N)C(=O)C(=O)NCCCCCCNC(=O)C(=O)N(N)C2CC(C)(C)N(CC=C)C(C)(C)C2)CC1(C)C. The molecule has 12 heteroatoms. The van der Waals surface area contributed by atoms with Crippen LogP contribution < -0.4 is 22.3 Å². The van der Waals surface area contributed by atoms with Gasteiger partial charge in [0.05, 0.1) is 12.1 Å². The normalized spacial score (nSPS) is 21.2. The number of likely N-dealkylation sites (tertiary alicyclic amines) is 2. The molecule has 46 heavy (non-hydrogen) atoms. The highest BCUT2D eigenvalue weighted by atomic mass is 16.2. The molecule has 2 aliphatic heterocycles. The van der Waals surface area contributed by atoms with E-state index in [4.69, 9.17) is 11.7 Å². The Kier molecular flexibility index (Phi) is 13.6. The fourth-order valence-electron chi connectivity index (χ4n) is 7.90. The molecule has 0 radical (unpaired) electrons. The van der Waals surface area contributed by atoms with Crippen molar-refractivity contribution in [2.45, 2.75) is 141 Å². The Labute approximate surface area is 277 Å². The van der Waals surface area contributed by atoms with E-state index in [1.165, 1.54) is 0 Å². The Hall–Kier alpha value is -2.80. The number of unbranched alkanes of at least 4 members (excludes halogenated alkanes) is 3. The van der Waals surface area contributed by atoms with E-state index in [2.05, 4.69) is 89.0 Å². The van der Waals surface area contributed by atoms with Crippen molar-refractivity contribution in [3.8, 4) is 0 Å². The van der Waals surface area contributed by atoms with Crippen LogP contribution in [0.25, 0.3) is 0 Å². The Morgan fingerprint density at radius 1 is 0.630 bits per heavy atom. The number of hydrogen-bond donors (Lipinski definition) is 4.